The first-order valence-electron chi connectivity index (χ1n) is 7.65. The van der Waals surface area contributed by atoms with E-state index >= 15 is 0 Å². The van der Waals surface area contributed by atoms with Crippen LogP contribution in [0.1, 0.15) is 51.7 Å². The number of hydrogen-bond donors (Lipinski definition) is 1. The van der Waals surface area contributed by atoms with Gasteiger partial charge in [0, 0.05) is 18.7 Å². The van der Waals surface area contributed by atoms with Crippen molar-refractivity contribution in [3.8, 4) is 0 Å². The quantitative estimate of drug-likeness (QED) is 0.823. The fraction of sp³-hybridized carbons (Fsp3) is 0.765. The van der Waals surface area contributed by atoms with Crippen LogP contribution in [0.5, 0.6) is 0 Å². The van der Waals surface area contributed by atoms with E-state index in [9.17, 15) is 0 Å². The van der Waals surface area contributed by atoms with Crippen LogP contribution in [0.25, 0.3) is 0 Å². The summed E-state index contributed by atoms with van der Waals surface area (Å²) in [7, 11) is 2.17. The second-order valence-electron chi connectivity index (χ2n) is 7.55. The topological polar surface area (TPSA) is 28.4 Å². The molecule has 0 bridgehead atoms. The molecular weight excluding hydrogens is 248 g/mol. The van der Waals surface area contributed by atoms with E-state index in [0.29, 0.717) is 11.3 Å². The van der Waals surface area contributed by atoms with Crippen molar-refractivity contribution >= 4 is 0 Å². The molecule has 0 radical (unpaired) electrons. The molecule has 0 unspecified atom stereocenters. The van der Waals surface area contributed by atoms with Crippen molar-refractivity contribution in [3.63, 3.8) is 0 Å². The van der Waals surface area contributed by atoms with Crippen LogP contribution >= 0.6 is 0 Å². The van der Waals surface area contributed by atoms with Gasteiger partial charge in [0.25, 0.3) is 0 Å². The first-order chi connectivity index (χ1) is 9.17. The summed E-state index contributed by atoms with van der Waals surface area (Å²) in [4.78, 5) is 2.36. The third kappa shape index (κ3) is 6.58. The second kappa shape index (κ2) is 7.28. The molecule has 20 heavy (non-hydrogen) atoms. The Labute approximate surface area is 124 Å². The number of rotatable bonds is 7. The van der Waals surface area contributed by atoms with Crippen molar-refractivity contribution in [1.82, 2.24) is 10.2 Å². The molecule has 0 amide bonds. The summed E-state index contributed by atoms with van der Waals surface area (Å²) < 4.78 is 5.84. The summed E-state index contributed by atoms with van der Waals surface area (Å²) in [6.07, 6.45) is 0. The number of hydrogen-bond acceptors (Lipinski definition) is 3. The third-order valence-corrected chi connectivity index (χ3v) is 3.11. The molecule has 1 aromatic rings. The van der Waals surface area contributed by atoms with Gasteiger partial charge in [0.15, 0.2) is 0 Å². The van der Waals surface area contributed by atoms with E-state index < -0.39 is 0 Å². The molecule has 1 N–H and O–H groups in total. The largest absolute Gasteiger partial charge is 0.465 e. The highest BCUT2D eigenvalue weighted by Gasteiger charge is 2.15. The van der Waals surface area contributed by atoms with Crippen LogP contribution in [0.2, 0.25) is 0 Å². The highest BCUT2D eigenvalue weighted by molar-refractivity contribution is 5.20. The van der Waals surface area contributed by atoms with Crippen molar-refractivity contribution in [3.05, 3.63) is 23.2 Å². The lowest BCUT2D eigenvalue weighted by Crippen LogP contribution is -2.28. The summed E-state index contributed by atoms with van der Waals surface area (Å²) >= 11 is 0. The van der Waals surface area contributed by atoms with Gasteiger partial charge in [0.2, 0.25) is 0 Å². The van der Waals surface area contributed by atoms with E-state index in [1.807, 2.05) is 0 Å². The molecule has 0 aromatic carbocycles. The Balaban J connectivity index is 2.52. The Kier molecular flexibility index (Phi) is 6.28. The molecular formula is C17H32N2O. The average molecular weight is 280 g/mol. The SMILES string of the molecule is Cc1oc(CNCC(C)C)cc1CN(C)CC(C)(C)C. The van der Waals surface area contributed by atoms with E-state index in [-0.39, 0.29) is 0 Å². The Morgan fingerprint density at radius 2 is 1.95 bits per heavy atom. The minimum atomic E-state index is 0.327. The van der Waals surface area contributed by atoms with Gasteiger partial charge in [-0.25, -0.2) is 0 Å². The first kappa shape index (κ1) is 17.3. The van der Waals surface area contributed by atoms with E-state index in [0.717, 1.165) is 37.7 Å². The lowest BCUT2D eigenvalue weighted by molar-refractivity contribution is 0.220. The van der Waals surface area contributed by atoms with Crippen LogP contribution in [0.3, 0.4) is 0 Å². The smallest absolute Gasteiger partial charge is 0.118 e. The maximum atomic E-state index is 5.84. The molecule has 0 saturated carbocycles. The fourth-order valence-electron chi connectivity index (χ4n) is 2.47. The summed E-state index contributed by atoms with van der Waals surface area (Å²) in [5, 5.41) is 3.43. The minimum Gasteiger partial charge on any atom is -0.465 e. The zero-order valence-corrected chi connectivity index (χ0v) is 14.3. The molecule has 0 saturated heterocycles. The molecule has 3 nitrogen and oxygen atoms in total. The standard InChI is InChI=1S/C17H32N2O/c1-13(2)9-18-10-16-8-15(14(3)20-16)11-19(7)12-17(4,5)6/h8,13,18H,9-12H2,1-7H3. The Morgan fingerprint density at radius 1 is 1.30 bits per heavy atom. The van der Waals surface area contributed by atoms with Gasteiger partial charge in [0.05, 0.1) is 6.54 Å². The van der Waals surface area contributed by atoms with Crippen LogP contribution in [0.15, 0.2) is 10.5 Å². The van der Waals surface area contributed by atoms with Gasteiger partial charge >= 0.3 is 0 Å². The van der Waals surface area contributed by atoms with E-state index in [4.69, 9.17) is 4.42 Å². The van der Waals surface area contributed by atoms with E-state index in [2.05, 4.69) is 64.9 Å². The zero-order chi connectivity index (χ0) is 15.3. The molecule has 0 aliphatic heterocycles. The molecule has 3 heteroatoms. The van der Waals surface area contributed by atoms with Crippen molar-refractivity contribution in [2.75, 3.05) is 20.1 Å². The van der Waals surface area contributed by atoms with Gasteiger partial charge < -0.3 is 14.6 Å². The van der Waals surface area contributed by atoms with Gasteiger partial charge in [-0.05, 0) is 37.9 Å². The molecule has 1 heterocycles. The van der Waals surface area contributed by atoms with Crippen molar-refractivity contribution in [2.24, 2.45) is 11.3 Å². The lowest BCUT2D eigenvalue weighted by atomic mass is 9.96. The predicted octanol–water partition coefficient (Wildman–Crippen LogP) is 3.81. The van der Waals surface area contributed by atoms with Crippen LogP contribution in [-0.4, -0.2) is 25.0 Å². The Hall–Kier alpha value is -0.800. The molecule has 0 aliphatic carbocycles. The maximum absolute atomic E-state index is 5.84. The molecule has 1 rings (SSSR count). The first-order valence-corrected chi connectivity index (χ1v) is 7.65. The van der Waals surface area contributed by atoms with Crippen LogP contribution in [0.4, 0.5) is 0 Å². The van der Waals surface area contributed by atoms with Gasteiger partial charge in [-0.15, -0.1) is 0 Å². The molecule has 0 spiro atoms. The highest BCUT2D eigenvalue weighted by Crippen LogP contribution is 2.19. The van der Waals surface area contributed by atoms with Gasteiger partial charge in [0.1, 0.15) is 11.5 Å². The number of nitrogens with zero attached hydrogens (tertiary/aromatic N) is 1. The van der Waals surface area contributed by atoms with Crippen molar-refractivity contribution in [1.29, 1.82) is 0 Å². The van der Waals surface area contributed by atoms with Crippen LogP contribution in [0, 0.1) is 18.3 Å². The third-order valence-electron chi connectivity index (χ3n) is 3.11. The van der Waals surface area contributed by atoms with Crippen LogP contribution in [-0.2, 0) is 13.1 Å². The Morgan fingerprint density at radius 3 is 2.50 bits per heavy atom. The molecule has 1 aromatic heterocycles. The number of furan rings is 1. The summed E-state index contributed by atoms with van der Waals surface area (Å²) in [6.45, 7) is 17.2. The summed E-state index contributed by atoms with van der Waals surface area (Å²) in [5.41, 5.74) is 1.63. The highest BCUT2D eigenvalue weighted by atomic mass is 16.3. The molecule has 116 valence electrons. The van der Waals surface area contributed by atoms with Gasteiger partial charge in [-0.2, -0.15) is 0 Å². The van der Waals surface area contributed by atoms with Crippen LogP contribution < -0.4 is 5.32 Å². The minimum absolute atomic E-state index is 0.327. The molecule has 0 fully saturated rings. The lowest BCUT2D eigenvalue weighted by Gasteiger charge is -2.26. The van der Waals surface area contributed by atoms with E-state index in [1.54, 1.807) is 0 Å². The molecule has 0 atom stereocenters. The normalized spacial score (nSPS) is 12.7. The number of nitrogens with one attached hydrogen (secondary N) is 1. The maximum Gasteiger partial charge on any atom is 0.118 e. The number of aryl methyl sites for hydroxylation is 1. The Bertz CT molecular complexity index is 402. The average Bonchev–Trinajstić information content (AvgIpc) is 2.55. The van der Waals surface area contributed by atoms with Crippen molar-refractivity contribution in [2.45, 2.75) is 54.6 Å². The van der Waals surface area contributed by atoms with Crippen molar-refractivity contribution < 1.29 is 4.42 Å². The predicted molar refractivity (Wildman–Crippen MR) is 85.8 cm³/mol. The zero-order valence-electron chi connectivity index (χ0n) is 14.3. The summed E-state index contributed by atoms with van der Waals surface area (Å²) in [5.74, 6) is 2.76. The molecule has 0 aliphatic rings. The van der Waals surface area contributed by atoms with E-state index in [1.165, 1.54) is 5.56 Å². The summed E-state index contributed by atoms with van der Waals surface area (Å²) in [6, 6.07) is 2.20. The van der Waals surface area contributed by atoms with Gasteiger partial charge in [-0.1, -0.05) is 34.6 Å². The fourth-order valence-corrected chi connectivity index (χ4v) is 2.47. The van der Waals surface area contributed by atoms with Gasteiger partial charge in [-0.3, -0.25) is 0 Å². The monoisotopic (exact) mass is 280 g/mol. The second-order valence-corrected chi connectivity index (χ2v) is 7.55.